The summed E-state index contributed by atoms with van der Waals surface area (Å²) in [6.07, 6.45) is 3.05. The summed E-state index contributed by atoms with van der Waals surface area (Å²) in [7, 11) is 1.50. The zero-order valence-corrected chi connectivity index (χ0v) is 22.5. The molecule has 1 aromatic heterocycles. The summed E-state index contributed by atoms with van der Waals surface area (Å²) in [6.45, 7) is 0.462. The molecule has 0 aliphatic rings. The number of halogens is 1. The Labute approximate surface area is 235 Å². The molecule has 0 fully saturated rings. The van der Waals surface area contributed by atoms with Crippen LogP contribution in [0.2, 0.25) is 0 Å². The number of hydrazone groups is 1. The first-order valence-electron chi connectivity index (χ1n) is 11.6. The molecule has 1 N–H and O–H groups in total. The Balaban J connectivity index is 1.37. The standard InChI is InChI=1S/C26H21BrN6O7/c1-39-23-11-6-19(12-24(23)40-16-18-4-9-21(10-5-18)33(37)38)13-28-29-26(34)25-22(27)15-31(30-25)14-17-2-7-20(8-3-17)32(35)36/h2-13,15H,14,16H2,1H3,(H,29,34)/b28-13-. The van der Waals surface area contributed by atoms with Crippen molar-refractivity contribution in [2.45, 2.75) is 13.2 Å². The Morgan fingerprint density at radius 3 is 2.23 bits per heavy atom. The molecule has 13 nitrogen and oxygen atoms in total. The smallest absolute Gasteiger partial charge is 0.293 e. The van der Waals surface area contributed by atoms with Gasteiger partial charge in [0.05, 0.1) is 34.2 Å². The number of methoxy groups -OCH3 is 1. The van der Waals surface area contributed by atoms with Crippen LogP contribution in [0.15, 0.2) is 82.5 Å². The number of benzene rings is 3. The number of carbonyl (C=O) groups is 1. The van der Waals surface area contributed by atoms with Crippen LogP contribution in [0.25, 0.3) is 0 Å². The van der Waals surface area contributed by atoms with E-state index < -0.39 is 15.8 Å². The summed E-state index contributed by atoms with van der Waals surface area (Å²) in [6, 6.07) is 17.2. The van der Waals surface area contributed by atoms with Gasteiger partial charge in [0, 0.05) is 30.5 Å². The number of ether oxygens (including phenoxy) is 2. The minimum Gasteiger partial charge on any atom is -0.493 e. The third-order valence-corrected chi connectivity index (χ3v) is 6.11. The Morgan fingerprint density at radius 1 is 1.00 bits per heavy atom. The van der Waals surface area contributed by atoms with Gasteiger partial charge >= 0.3 is 0 Å². The molecular weight excluding hydrogens is 588 g/mol. The van der Waals surface area contributed by atoms with Gasteiger partial charge in [-0.1, -0.05) is 12.1 Å². The molecule has 0 aliphatic carbocycles. The Hall–Kier alpha value is -5.11. The van der Waals surface area contributed by atoms with E-state index in [0.29, 0.717) is 28.1 Å². The number of non-ortho nitro benzene ring substituents is 2. The molecule has 14 heteroatoms. The molecule has 1 amide bonds. The number of rotatable bonds is 11. The first kappa shape index (κ1) is 27.9. The molecule has 40 heavy (non-hydrogen) atoms. The second kappa shape index (κ2) is 12.6. The van der Waals surface area contributed by atoms with Gasteiger partial charge in [-0.25, -0.2) is 5.43 Å². The number of nitrogens with zero attached hydrogens (tertiary/aromatic N) is 5. The maximum Gasteiger partial charge on any atom is 0.293 e. The van der Waals surface area contributed by atoms with Gasteiger partial charge < -0.3 is 9.47 Å². The van der Waals surface area contributed by atoms with Crippen LogP contribution in [-0.2, 0) is 13.2 Å². The van der Waals surface area contributed by atoms with E-state index in [1.165, 1.54) is 42.3 Å². The van der Waals surface area contributed by atoms with Gasteiger partial charge in [-0.15, -0.1) is 0 Å². The fourth-order valence-corrected chi connectivity index (χ4v) is 4.02. The van der Waals surface area contributed by atoms with Gasteiger partial charge in [-0.05, 0) is 63.0 Å². The molecule has 0 saturated heterocycles. The number of hydrogen-bond donors (Lipinski definition) is 1. The van der Waals surface area contributed by atoms with Gasteiger partial charge in [-0.2, -0.15) is 10.2 Å². The Bertz CT molecular complexity index is 1570. The van der Waals surface area contributed by atoms with Crippen LogP contribution in [-0.4, -0.2) is 38.9 Å². The van der Waals surface area contributed by atoms with E-state index in [1.54, 1.807) is 48.7 Å². The molecule has 204 valence electrons. The fourth-order valence-electron chi connectivity index (χ4n) is 3.52. The van der Waals surface area contributed by atoms with E-state index in [1.807, 2.05) is 0 Å². The quantitative estimate of drug-likeness (QED) is 0.143. The largest absolute Gasteiger partial charge is 0.493 e. The van der Waals surface area contributed by atoms with Gasteiger partial charge in [0.15, 0.2) is 17.2 Å². The van der Waals surface area contributed by atoms with Crippen molar-refractivity contribution in [2.24, 2.45) is 5.10 Å². The molecule has 0 saturated carbocycles. The van der Waals surface area contributed by atoms with Crippen molar-refractivity contribution in [3.8, 4) is 11.5 Å². The first-order valence-corrected chi connectivity index (χ1v) is 12.4. The minimum absolute atomic E-state index is 0.00938. The Kier molecular flexibility index (Phi) is 8.81. The van der Waals surface area contributed by atoms with Crippen molar-refractivity contribution in [3.05, 3.63) is 120 Å². The summed E-state index contributed by atoms with van der Waals surface area (Å²) in [4.78, 5) is 33.3. The highest BCUT2D eigenvalue weighted by Gasteiger charge is 2.15. The maximum atomic E-state index is 12.6. The van der Waals surface area contributed by atoms with Crippen LogP contribution in [0.1, 0.15) is 27.2 Å². The molecule has 0 aliphatic heterocycles. The number of nitro benzene ring substituents is 2. The van der Waals surface area contributed by atoms with E-state index in [4.69, 9.17) is 9.47 Å². The number of nitrogens with one attached hydrogen (secondary N) is 1. The summed E-state index contributed by atoms with van der Waals surface area (Å²) in [5, 5.41) is 29.9. The van der Waals surface area contributed by atoms with Crippen LogP contribution in [0.5, 0.6) is 11.5 Å². The van der Waals surface area contributed by atoms with E-state index in [-0.39, 0.29) is 23.7 Å². The van der Waals surface area contributed by atoms with E-state index in [0.717, 1.165) is 11.1 Å². The third kappa shape index (κ3) is 7.05. The maximum absolute atomic E-state index is 12.6. The minimum atomic E-state index is -0.547. The van der Waals surface area contributed by atoms with E-state index >= 15 is 0 Å². The number of hydrogen-bond acceptors (Lipinski definition) is 9. The SMILES string of the molecule is COc1ccc(/C=N\NC(=O)c2nn(Cc3ccc([N+](=O)[O-])cc3)cc2Br)cc1OCc1ccc([N+](=O)[O-])cc1. The summed E-state index contributed by atoms with van der Waals surface area (Å²) >= 11 is 3.32. The second-order valence-electron chi connectivity index (χ2n) is 8.27. The molecule has 0 unspecified atom stereocenters. The monoisotopic (exact) mass is 608 g/mol. The van der Waals surface area contributed by atoms with Crippen LogP contribution < -0.4 is 14.9 Å². The third-order valence-electron chi connectivity index (χ3n) is 5.53. The van der Waals surface area contributed by atoms with Gasteiger partial charge in [0.1, 0.15) is 6.61 Å². The predicted molar refractivity (Wildman–Crippen MR) is 148 cm³/mol. The Morgan fingerprint density at radius 2 is 1.62 bits per heavy atom. The number of amides is 1. The highest BCUT2D eigenvalue weighted by Crippen LogP contribution is 2.28. The summed E-state index contributed by atoms with van der Waals surface area (Å²) in [5.41, 5.74) is 4.64. The normalized spacial score (nSPS) is 10.8. The average Bonchev–Trinajstić information content (AvgIpc) is 3.32. The second-order valence-corrected chi connectivity index (χ2v) is 9.12. The molecule has 0 radical (unpaired) electrons. The summed E-state index contributed by atoms with van der Waals surface area (Å²) < 4.78 is 13.2. The molecule has 0 spiro atoms. The van der Waals surface area contributed by atoms with E-state index in [9.17, 15) is 25.0 Å². The highest BCUT2D eigenvalue weighted by atomic mass is 79.9. The zero-order chi connectivity index (χ0) is 28.6. The highest BCUT2D eigenvalue weighted by molar-refractivity contribution is 9.10. The van der Waals surface area contributed by atoms with Crippen molar-refractivity contribution in [1.29, 1.82) is 0 Å². The molecular formula is C26H21BrN6O7. The number of aromatic nitrogens is 2. The van der Waals surface area contributed by atoms with Crippen molar-refractivity contribution >= 4 is 39.4 Å². The van der Waals surface area contributed by atoms with Gasteiger partial charge in [0.25, 0.3) is 17.3 Å². The molecule has 1 heterocycles. The van der Waals surface area contributed by atoms with Crippen molar-refractivity contribution in [3.63, 3.8) is 0 Å². The lowest BCUT2D eigenvalue weighted by molar-refractivity contribution is -0.385. The molecule has 4 aromatic rings. The van der Waals surface area contributed by atoms with Crippen LogP contribution >= 0.6 is 15.9 Å². The van der Waals surface area contributed by atoms with Crippen LogP contribution in [0.4, 0.5) is 11.4 Å². The molecule has 0 atom stereocenters. The average molecular weight is 609 g/mol. The number of nitro groups is 2. The molecule has 0 bridgehead atoms. The topological polar surface area (TPSA) is 164 Å². The lowest BCUT2D eigenvalue weighted by atomic mass is 10.2. The van der Waals surface area contributed by atoms with Crippen molar-refractivity contribution in [2.75, 3.05) is 7.11 Å². The number of carbonyl (C=O) groups excluding carboxylic acids is 1. The molecule has 4 rings (SSSR count). The van der Waals surface area contributed by atoms with Crippen molar-refractivity contribution < 1.29 is 24.1 Å². The van der Waals surface area contributed by atoms with Crippen LogP contribution in [0.3, 0.4) is 0 Å². The van der Waals surface area contributed by atoms with E-state index in [2.05, 4.69) is 31.6 Å². The van der Waals surface area contributed by atoms with Crippen LogP contribution in [0, 0.1) is 20.2 Å². The first-order chi connectivity index (χ1) is 19.2. The van der Waals surface area contributed by atoms with Gasteiger partial charge in [0.2, 0.25) is 0 Å². The zero-order valence-electron chi connectivity index (χ0n) is 20.9. The fraction of sp³-hybridized carbons (Fsp3) is 0.115. The van der Waals surface area contributed by atoms with Gasteiger partial charge in [-0.3, -0.25) is 29.7 Å². The predicted octanol–water partition coefficient (Wildman–Crippen LogP) is 4.86. The lowest BCUT2D eigenvalue weighted by Gasteiger charge is -2.11. The van der Waals surface area contributed by atoms with Crippen molar-refractivity contribution in [1.82, 2.24) is 15.2 Å². The summed E-state index contributed by atoms with van der Waals surface area (Å²) in [5.74, 6) is 0.350. The molecule has 3 aromatic carbocycles. The lowest BCUT2D eigenvalue weighted by Crippen LogP contribution is -2.19.